The molecule has 5 nitrogen and oxygen atoms in total. The van der Waals surface area contributed by atoms with E-state index in [0.29, 0.717) is 11.3 Å². The van der Waals surface area contributed by atoms with E-state index in [-0.39, 0.29) is 5.69 Å². The van der Waals surface area contributed by atoms with E-state index in [2.05, 4.69) is 0 Å². The van der Waals surface area contributed by atoms with Gasteiger partial charge in [-0.15, -0.1) is 0 Å². The number of aryl methyl sites for hydroxylation is 1. The lowest BCUT2D eigenvalue weighted by Crippen LogP contribution is -2.01. The molecule has 0 heterocycles. The van der Waals surface area contributed by atoms with Crippen molar-refractivity contribution in [1.29, 1.82) is 0 Å². The SMILES string of the molecule is COc1c(C)ccc([N+](=O)[O-])c1/C=C/N(C)C. The number of nitrogens with zero attached hydrogens (tertiary/aromatic N) is 2. The van der Waals surface area contributed by atoms with Gasteiger partial charge in [-0.25, -0.2) is 0 Å². The van der Waals surface area contributed by atoms with Gasteiger partial charge in [-0.2, -0.15) is 0 Å². The third kappa shape index (κ3) is 2.96. The van der Waals surface area contributed by atoms with Crippen LogP contribution < -0.4 is 4.74 Å². The van der Waals surface area contributed by atoms with Crippen LogP contribution in [0.5, 0.6) is 5.75 Å². The van der Waals surface area contributed by atoms with Crippen LogP contribution in [0.4, 0.5) is 5.69 Å². The summed E-state index contributed by atoms with van der Waals surface area (Å²) in [5, 5.41) is 10.9. The average molecular weight is 236 g/mol. The van der Waals surface area contributed by atoms with Gasteiger partial charge in [0.25, 0.3) is 5.69 Å². The van der Waals surface area contributed by atoms with Crippen molar-refractivity contribution in [2.45, 2.75) is 6.92 Å². The van der Waals surface area contributed by atoms with E-state index in [0.717, 1.165) is 5.56 Å². The molecular weight excluding hydrogens is 220 g/mol. The summed E-state index contributed by atoms with van der Waals surface area (Å²) < 4.78 is 5.23. The van der Waals surface area contributed by atoms with Gasteiger partial charge in [0.1, 0.15) is 5.75 Å². The minimum atomic E-state index is -0.405. The Morgan fingerprint density at radius 1 is 1.41 bits per heavy atom. The van der Waals surface area contributed by atoms with Crippen LogP contribution in [0.3, 0.4) is 0 Å². The fourth-order valence-corrected chi connectivity index (χ4v) is 1.51. The molecule has 1 aromatic carbocycles. The van der Waals surface area contributed by atoms with Gasteiger partial charge in [0.05, 0.1) is 17.6 Å². The molecule has 0 amide bonds. The molecule has 0 unspecified atom stereocenters. The second-order valence-electron chi connectivity index (χ2n) is 3.88. The maximum absolute atomic E-state index is 10.9. The highest BCUT2D eigenvalue weighted by Crippen LogP contribution is 2.32. The summed E-state index contributed by atoms with van der Waals surface area (Å²) in [6.07, 6.45) is 3.44. The van der Waals surface area contributed by atoms with Crippen LogP contribution in [0.1, 0.15) is 11.1 Å². The molecule has 0 aliphatic rings. The molecule has 0 aliphatic carbocycles. The van der Waals surface area contributed by atoms with Gasteiger partial charge in [0, 0.05) is 20.2 Å². The molecule has 0 aromatic heterocycles. The van der Waals surface area contributed by atoms with Crippen LogP contribution in [0.15, 0.2) is 18.3 Å². The van der Waals surface area contributed by atoms with E-state index in [1.165, 1.54) is 13.2 Å². The van der Waals surface area contributed by atoms with Gasteiger partial charge < -0.3 is 9.64 Å². The maximum atomic E-state index is 10.9. The second kappa shape index (κ2) is 5.34. The second-order valence-corrected chi connectivity index (χ2v) is 3.88. The minimum absolute atomic E-state index is 0.0468. The molecule has 17 heavy (non-hydrogen) atoms. The van der Waals surface area contributed by atoms with Gasteiger partial charge in [0.2, 0.25) is 0 Å². The first-order valence-electron chi connectivity index (χ1n) is 5.14. The van der Waals surface area contributed by atoms with Gasteiger partial charge in [-0.05, 0) is 30.8 Å². The average Bonchev–Trinajstić information content (AvgIpc) is 2.25. The van der Waals surface area contributed by atoms with E-state index in [1.54, 1.807) is 18.3 Å². The smallest absolute Gasteiger partial charge is 0.280 e. The summed E-state index contributed by atoms with van der Waals surface area (Å²) in [5.74, 6) is 0.539. The van der Waals surface area contributed by atoms with Crippen LogP contribution in [-0.4, -0.2) is 31.0 Å². The van der Waals surface area contributed by atoms with Crippen LogP contribution in [0, 0.1) is 17.0 Å². The number of ether oxygens (including phenoxy) is 1. The van der Waals surface area contributed by atoms with Crippen molar-refractivity contribution in [3.8, 4) is 5.75 Å². The zero-order chi connectivity index (χ0) is 13.0. The number of nitro benzene ring substituents is 1. The number of hydrogen-bond acceptors (Lipinski definition) is 4. The summed E-state index contributed by atoms with van der Waals surface area (Å²) in [6, 6.07) is 3.18. The van der Waals surface area contributed by atoms with Crippen molar-refractivity contribution in [2.24, 2.45) is 0 Å². The Kier molecular flexibility index (Phi) is 4.09. The Labute approximate surface area is 100 Å². The van der Waals surface area contributed by atoms with E-state index >= 15 is 0 Å². The molecule has 0 fully saturated rings. The minimum Gasteiger partial charge on any atom is -0.496 e. The Bertz CT molecular complexity index is 453. The van der Waals surface area contributed by atoms with Crippen LogP contribution >= 0.6 is 0 Å². The van der Waals surface area contributed by atoms with Gasteiger partial charge in [0.15, 0.2) is 0 Å². The number of nitro groups is 1. The first kappa shape index (κ1) is 13.0. The Hall–Kier alpha value is -2.04. The molecule has 0 bridgehead atoms. The predicted molar refractivity (Wildman–Crippen MR) is 67.1 cm³/mol. The third-order valence-corrected chi connectivity index (χ3v) is 2.31. The fraction of sp³-hybridized carbons (Fsp3) is 0.333. The van der Waals surface area contributed by atoms with Crippen molar-refractivity contribution in [3.05, 3.63) is 39.6 Å². The molecule has 92 valence electrons. The van der Waals surface area contributed by atoms with E-state index < -0.39 is 4.92 Å². The standard InChI is InChI=1S/C12H16N2O3/c1-9-5-6-11(14(15)16)10(12(9)17-4)7-8-13(2)3/h5-8H,1-4H3/b8-7+. The summed E-state index contributed by atoms with van der Waals surface area (Å²) in [6.45, 7) is 1.86. The molecule has 0 saturated heterocycles. The molecule has 0 radical (unpaired) electrons. The Morgan fingerprint density at radius 3 is 2.53 bits per heavy atom. The molecular formula is C12H16N2O3. The van der Waals surface area contributed by atoms with E-state index in [9.17, 15) is 10.1 Å². The third-order valence-electron chi connectivity index (χ3n) is 2.31. The van der Waals surface area contributed by atoms with Crippen molar-refractivity contribution in [2.75, 3.05) is 21.2 Å². The first-order chi connectivity index (χ1) is 7.97. The highest BCUT2D eigenvalue weighted by atomic mass is 16.6. The topological polar surface area (TPSA) is 55.6 Å². The first-order valence-corrected chi connectivity index (χ1v) is 5.14. The lowest BCUT2D eigenvalue weighted by molar-refractivity contribution is -0.385. The van der Waals surface area contributed by atoms with Gasteiger partial charge in [-0.3, -0.25) is 10.1 Å². The number of hydrogen-bond donors (Lipinski definition) is 0. The van der Waals surface area contributed by atoms with E-state index in [4.69, 9.17) is 4.74 Å². The van der Waals surface area contributed by atoms with E-state index in [1.807, 2.05) is 25.9 Å². The van der Waals surface area contributed by atoms with Gasteiger partial charge >= 0.3 is 0 Å². The van der Waals surface area contributed by atoms with Gasteiger partial charge in [-0.1, -0.05) is 0 Å². The number of methoxy groups -OCH3 is 1. The number of benzene rings is 1. The normalized spacial score (nSPS) is 10.6. The van der Waals surface area contributed by atoms with Crippen molar-refractivity contribution in [1.82, 2.24) is 4.90 Å². The molecule has 0 saturated carbocycles. The fourth-order valence-electron chi connectivity index (χ4n) is 1.51. The lowest BCUT2D eigenvalue weighted by Gasteiger charge is -2.10. The molecule has 0 aliphatic heterocycles. The highest BCUT2D eigenvalue weighted by Gasteiger charge is 2.17. The van der Waals surface area contributed by atoms with Crippen molar-refractivity contribution in [3.63, 3.8) is 0 Å². The Balaban J connectivity index is 3.39. The zero-order valence-electron chi connectivity index (χ0n) is 10.4. The molecule has 0 spiro atoms. The van der Waals surface area contributed by atoms with Crippen LogP contribution in [-0.2, 0) is 0 Å². The number of rotatable bonds is 4. The monoisotopic (exact) mass is 236 g/mol. The molecule has 0 N–H and O–H groups in total. The lowest BCUT2D eigenvalue weighted by atomic mass is 10.1. The largest absolute Gasteiger partial charge is 0.496 e. The quantitative estimate of drug-likeness (QED) is 0.595. The van der Waals surface area contributed by atoms with Crippen molar-refractivity contribution < 1.29 is 9.66 Å². The Morgan fingerprint density at radius 2 is 2.06 bits per heavy atom. The highest BCUT2D eigenvalue weighted by molar-refractivity contribution is 5.69. The van der Waals surface area contributed by atoms with Crippen LogP contribution in [0.25, 0.3) is 6.08 Å². The summed E-state index contributed by atoms with van der Waals surface area (Å²) in [7, 11) is 5.22. The maximum Gasteiger partial charge on any atom is 0.280 e. The van der Waals surface area contributed by atoms with Crippen molar-refractivity contribution >= 4 is 11.8 Å². The molecule has 1 aromatic rings. The zero-order valence-corrected chi connectivity index (χ0v) is 10.4. The summed E-state index contributed by atoms with van der Waals surface area (Å²) in [5.41, 5.74) is 1.41. The molecule has 5 heteroatoms. The predicted octanol–water partition coefficient (Wildman–Crippen LogP) is 2.44. The summed E-state index contributed by atoms with van der Waals surface area (Å²) in [4.78, 5) is 12.4. The molecule has 1 rings (SSSR count). The van der Waals surface area contributed by atoms with Crippen LogP contribution in [0.2, 0.25) is 0 Å². The summed E-state index contributed by atoms with van der Waals surface area (Å²) >= 11 is 0. The molecule has 0 atom stereocenters.